The lowest BCUT2D eigenvalue weighted by Crippen LogP contribution is -2.23. The quantitative estimate of drug-likeness (QED) is 0.316. The summed E-state index contributed by atoms with van der Waals surface area (Å²) < 4.78 is 20.4. The molecular formula is C21H11FN4O4S. The Morgan fingerprint density at radius 2 is 1.90 bits per heavy atom. The molecule has 2 aromatic carbocycles. The van der Waals surface area contributed by atoms with Crippen molar-refractivity contribution >= 4 is 28.1 Å². The van der Waals surface area contributed by atoms with E-state index in [1.54, 1.807) is 42.5 Å². The van der Waals surface area contributed by atoms with E-state index in [4.69, 9.17) is 4.42 Å². The number of non-ortho nitro benzene ring substituents is 1. The largest absolute Gasteiger partial charge is 0.457 e. The normalized spacial score (nSPS) is 12.0. The third-order valence-corrected chi connectivity index (χ3v) is 5.49. The van der Waals surface area contributed by atoms with E-state index >= 15 is 0 Å². The average molecular weight is 434 g/mol. The van der Waals surface area contributed by atoms with E-state index in [0.29, 0.717) is 38.0 Å². The van der Waals surface area contributed by atoms with Gasteiger partial charge in [-0.25, -0.2) is 4.39 Å². The molecule has 0 atom stereocenters. The molecule has 5 aromatic rings. The number of nitro benzene ring substituents is 1. The first kappa shape index (κ1) is 18.8. The third kappa shape index (κ3) is 3.49. The summed E-state index contributed by atoms with van der Waals surface area (Å²) >= 11 is 1.15. The monoisotopic (exact) mass is 434 g/mol. The minimum absolute atomic E-state index is 0.0382. The van der Waals surface area contributed by atoms with Crippen molar-refractivity contribution in [1.82, 2.24) is 14.6 Å². The smallest absolute Gasteiger partial charge is 0.291 e. The van der Waals surface area contributed by atoms with Gasteiger partial charge in [-0.3, -0.25) is 14.9 Å². The summed E-state index contributed by atoms with van der Waals surface area (Å²) in [6.07, 6.45) is 1.57. The van der Waals surface area contributed by atoms with Gasteiger partial charge in [0, 0.05) is 29.3 Å². The number of halogens is 1. The Labute approximate surface area is 176 Å². The maximum atomic E-state index is 13.1. The molecule has 0 radical (unpaired) electrons. The summed E-state index contributed by atoms with van der Waals surface area (Å²) in [5.41, 5.74) is 0.774. The van der Waals surface area contributed by atoms with Crippen molar-refractivity contribution in [3.63, 3.8) is 0 Å². The minimum Gasteiger partial charge on any atom is -0.457 e. The van der Waals surface area contributed by atoms with Gasteiger partial charge in [-0.2, -0.15) is 9.50 Å². The molecule has 8 nitrogen and oxygen atoms in total. The van der Waals surface area contributed by atoms with Crippen LogP contribution in [-0.4, -0.2) is 19.5 Å². The number of aromatic nitrogens is 3. The van der Waals surface area contributed by atoms with E-state index < -0.39 is 4.92 Å². The fourth-order valence-electron chi connectivity index (χ4n) is 3.04. The van der Waals surface area contributed by atoms with Crippen LogP contribution in [0.4, 0.5) is 10.1 Å². The van der Waals surface area contributed by atoms with Crippen molar-refractivity contribution in [3.05, 3.63) is 97.2 Å². The number of rotatable bonds is 4. The van der Waals surface area contributed by atoms with Crippen LogP contribution in [0.5, 0.6) is 0 Å². The molecule has 0 bridgehead atoms. The molecule has 3 heterocycles. The highest BCUT2D eigenvalue weighted by atomic mass is 32.1. The van der Waals surface area contributed by atoms with Crippen LogP contribution in [0.15, 0.2) is 69.9 Å². The molecule has 0 aliphatic rings. The Kier molecular flexibility index (Phi) is 4.41. The molecule has 5 rings (SSSR count). The molecule has 152 valence electrons. The van der Waals surface area contributed by atoms with Crippen LogP contribution >= 0.6 is 11.3 Å². The second kappa shape index (κ2) is 7.26. The van der Waals surface area contributed by atoms with Gasteiger partial charge < -0.3 is 4.42 Å². The number of furan rings is 1. The zero-order chi connectivity index (χ0) is 21.5. The Bertz CT molecular complexity index is 1550. The Balaban J connectivity index is 1.49. The van der Waals surface area contributed by atoms with Crippen LogP contribution in [0, 0.1) is 15.9 Å². The van der Waals surface area contributed by atoms with Crippen molar-refractivity contribution < 1.29 is 13.7 Å². The molecule has 0 N–H and O–H groups in total. The van der Waals surface area contributed by atoms with Crippen molar-refractivity contribution in [3.8, 4) is 22.7 Å². The van der Waals surface area contributed by atoms with Crippen LogP contribution < -0.4 is 10.1 Å². The maximum absolute atomic E-state index is 13.1. The van der Waals surface area contributed by atoms with Gasteiger partial charge in [0.2, 0.25) is 4.96 Å². The average Bonchev–Trinajstić information content (AvgIpc) is 3.47. The summed E-state index contributed by atoms with van der Waals surface area (Å²) in [5, 5.41) is 15.2. The summed E-state index contributed by atoms with van der Waals surface area (Å²) in [6, 6.07) is 15.2. The molecule has 0 saturated carbocycles. The van der Waals surface area contributed by atoms with E-state index in [0.717, 1.165) is 11.3 Å². The lowest BCUT2D eigenvalue weighted by molar-refractivity contribution is -0.384. The van der Waals surface area contributed by atoms with Gasteiger partial charge >= 0.3 is 0 Å². The van der Waals surface area contributed by atoms with Crippen LogP contribution in [0.3, 0.4) is 0 Å². The number of fused-ring (bicyclic) bond motifs is 1. The first-order valence-electron chi connectivity index (χ1n) is 9.00. The number of nitrogens with zero attached hydrogens (tertiary/aromatic N) is 4. The lowest BCUT2D eigenvalue weighted by atomic mass is 10.1. The third-order valence-electron chi connectivity index (χ3n) is 4.53. The van der Waals surface area contributed by atoms with Gasteiger partial charge in [0.25, 0.3) is 11.2 Å². The number of benzene rings is 2. The van der Waals surface area contributed by atoms with Crippen molar-refractivity contribution in [2.24, 2.45) is 0 Å². The predicted molar refractivity (Wildman–Crippen MR) is 112 cm³/mol. The van der Waals surface area contributed by atoms with Gasteiger partial charge in [0.1, 0.15) is 21.9 Å². The van der Waals surface area contributed by atoms with E-state index in [2.05, 4.69) is 10.1 Å². The van der Waals surface area contributed by atoms with E-state index in [1.807, 2.05) is 0 Å². The second-order valence-electron chi connectivity index (χ2n) is 6.56. The first-order chi connectivity index (χ1) is 15.0. The van der Waals surface area contributed by atoms with Gasteiger partial charge in [0.15, 0.2) is 5.82 Å². The predicted octanol–water partition coefficient (Wildman–Crippen LogP) is 3.67. The van der Waals surface area contributed by atoms with Crippen molar-refractivity contribution in [2.75, 3.05) is 0 Å². The number of hydrogen-bond acceptors (Lipinski definition) is 7. The van der Waals surface area contributed by atoms with Crippen LogP contribution in [0.2, 0.25) is 0 Å². The molecule has 3 aromatic heterocycles. The zero-order valence-electron chi connectivity index (χ0n) is 15.6. The van der Waals surface area contributed by atoms with Crippen molar-refractivity contribution in [2.45, 2.75) is 0 Å². The second-order valence-corrected chi connectivity index (χ2v) is 7.57. The Morgan fingerprint density at radius 1 is 1.10 bits per heavy atom. The van der Waals surface area contributed by atoms with Gasteiger partial charge in [-0.15, -0.1) is 5.10 Å². The van der Waals surface area contributed by atoms with Crippen LogP contribution in [0.25, 0.3) is 33.7 Å². The van der Waals surface area contributed by atoms with E-state index in [9.17, 15) is 19.3 Å². The Morgan fingerprint density at radius 3 is 2.65 bits per heavy atom. The molecule has 10 heteroatoms. The molecule has 0 spiro atoms. The summed E-state index contributed by atoms with van der Waals surface area (Å²) in [7, 11) is 0. The molecular weight excluding hydrogens is 423 g/mol. The Hall–Kier alpha value is -4.18. The van der Waals surface area contributed by atoms with Gasteiger partial charge in [-0.1, -0.05) is 23.5 Å². The van der Waals surface area contributed by atoms with E-state index in [-0.39, 0.29) is 17.1 Å². The minimum atomic E-state index is -0.474. The fraction of sp³-hybridized carbons (Fsp3) is 0. The first-order valence-corrected chi connectivity index (χ1v) is 9.81. The van der Waals surface area contributed by atoms with Gasteiger partial charge in [-0.05, 0) is 36.4 Å². The molecule has 0 aliphatic carbocycles. The highest BCUT2D eigenvalue weighted by Gasteiger charge is 2.13. The highest BCUT2D eigenvalue weighted by Crippen LogP contribution is 2.26. The van der Waals surface area contributed by atoms with E-state index in [1.165, 1.54) is 28.8 Å². The topological polar surface area (TPSA) is 104 Å². The highest BCUT2D eigenvalue weighted by molar-refractivity contribution is 7.15. The summed E-state index contributed by atoms with van der Waals surface area (Å²) in [4.78, 5) is 27.9. The lowest BCUT2D eigenvalue weighted by Gasteiger charge is -1.96. The molecule has 0 saturated heterocycles. The zero-order valence-corrected chi connectivity index (χ0v) is 16.4. The molecule has 31 heavy (non-hydrogen) atoms. The van der Waals surface area contributed by atoms with Crippen LogP contribution in [-0.2, 0) is 0 Å². The number of thiazole rings is 1. The van der Waals surface area contributed by atoms with Crippen molar-refractivity contribution in [1.29, 1.82) is 0 Å². The maximum Gasteiger partial charge on any atom is 0.291 e. The summed E-state index contributed by atoms with van der Waals surface area (Å²) in [5.74, 6) is 0.831. The molecule has 0 unspecified atom stereocenters. The SMILES string of the molecule is O=c1/c(=C/c2ccc(-c3cccc([N+](=O)[O-])c3)o2)sc2nc(-c3ccc(F)cc3)nn12. The fourth-order valence-corrected chi connectivity index (χ4v) is 3.93. The molecule has 0 aliphatic heterocycles. The van der Waals surface area contributed by atoms with Gasteiger partial charge in [0.05, 0.1) is 4.92 Å². The molecule has 0 amide bonds. The summed E-state index contributed by atoms with van der Waals surface area (Å²) in [6.45, 7) is 0. The molecule has 0 fully saturated rings. The number of hydrogen-bond donors (Lipinski definition) is 0. The number of nitro groups is 1. The standard InChI is InChI=1S/C21H11FN4O4S/c22-14-6-4-12(5-7-14)19-23-21-25(24-19)20(27)18(31-21)11-16-8-9-17(30-16)13-2-1-3-15(10-13)26(28)29/h1-11H/b18-11-. The van der Waals surface area contributed by atoms with Crippen LogP contribution in [0.1, 0.15) is 5.76 Å².